The van der Waals surface area contributed by atoms with Crippen LogP contribution in [0.25, 0.3) is 0 Å². The lowest BCUT2D eigenvalue weighted by Crippen LogP contribution is -2.49. The summed E-state index contributed by atoms with van der Waals surface area (Å²) >= 11 is 1.62. The molecule has 3 heterocycles. The number of anilines is 1. The first-order chi connectivity index (χ1) is 18.5. The zero-order chi connectivity index (χ0) is 26.5. The number of benzene rings is 2. The summed E-state index contributed by atoms with van der Waals surface area (Å²) in [5.41, 5.74) is 2.78. The van der Waals surface area contributed by atoms with Crippen LogP contribution in [0.5, 0.6) is 0 Å². The molecule has 1 aromatic heterocycles. The molecule has 2 aliphatic rings. The number of nitrogens with zero attached hydrogens (tertiary/aromatic N) is 3. The molecule has 0 saturated carbocycles. The zero-order valence-electron chi connectivity index (χ0n) is 22.4. The molecule has 0 spiro atoms. The minimum Gasteiger partial charge on any atom is -0.369 e. The summed E-state index contributed by atoms with van der Waals surface area (Å²) in [6, 6.07) is 22.0. The minimum atomic E-state index is -0.421. The number of piperazine rings is 1. The van der Waals surface area contributed by atoms with Crippen LogP contribution in [0, 0.1) is 5.92 Å². The number of fused-ring (bicyclic) bond motifs is 1. The van der Waals surface area contributed by atoms with Gasteiger partial charge < -0.3 is 15.1 Å². The molecule has 7 heteroatoms. The van der Waals surface area contributed by atoms with E-state index in [1.165, 1.54) is 5.69 Å². The monoisotopic (exact) mass is 530 g/mol. The van der Waals surface area contributed by atoms with Crippen LogP contribution in [-0.4, -0.2) is 67.4 Å². The van der Waals surface area contributed by atoms with Crippen molar-refractivity contribution in [3.63, 3.8) is 0 Å². The first-order valence-electron chi connectivity index (χ1n) is 13.8. The highest BCUT2D eigenvalue weighted by atomic mass is 32.1. The Morgan fingerprint density at radius 2 is 1.71 bits per heavy atom. The molecule has 2 atom stereocenters. The van der Waals surface area contributed by atoms with E-state index in [4.69, 9.17) is 0 Å². The summed E-state index contributed by atoms with van der Waals surface area (Å²) in [7, 11) is 0. The zero-order valence-corrected chi connectivity index (χ0v) is 23.2. The predicted octanol–water partition coefficient (Wildman–Crippen LogP) is 5.01. The largest absolute Gasteiger partial charge is 0.369 e. The van der Waals surface area contributed by atoms with Crippen LogP contribution >= 0.6 is 11.3 Å². The molecule has 200 valence electrons. The Kier molecular flexibility index (Phi) is 8.45. The van der Waals surface area contributed by atoms with Gasteiger partial charge >= 0.3 is 0 Å². The van der Waals surface area contributed by atoms with Gasteiger partial charge in [0.15, 0.2) is 0 Å². The molecule has 5 rings (SSSR count). The minimum absolute atomic E-state index is 0.00556. The molecule has 2 aliphatic heterocycles. The van der Waals surface area contributed by atoms with Crippen LogP contribution in [0.4, 0.5) is 5.69 Å². The van der Waals surface area contributed by atoms with Gasteiger partial charge in [0.2, 0.25) is 5.91 Å². The number of amides is 2. The van der Waals surface area contributed by atoms with Gasteiger partial charge in [-0.05, 0) is 54.1 Å². The molecule has 1 fully saturated rings. The third kappa shape index (κ3) is 5.79. The summed E-state index contributed by atoms with van der Waals surface area (Å²) in [6.45, 7) is 10.6. The lowest BCUT2D eigenvalue weighted by molar-refractivity contribution is -0.124. The smallest absolute Gasteiger partial charge is 0.254 e. The van der Waals surface area contributed by atoms with Crippen molar-refractivity contribution in [1.29, 1.82) is 0 Å². The van der Waals surface area contributed by atoms with Gasteiger partial charge in [0.25, 0.3) is 5.91 Å². The highest BCUT2D eigenvalue weighted by Gasteiger charge is 2.44. The Morgan fingerprint density at radius 3 is 2.42 bits per heavy atom. The normalized spacial score (nSPS) is 20.0. The molecular formula is C31H38N4O2S. The quantitative estimate of drug-likeness (QED) is 0.395. The van der Waals surface area contributed by atoms with Gasteiger partial charge in [0, 0.05) is 55.4 Å². The number of thiophene rings is 1. The fourth-order valence-corrected chi connectivity index (χ4v) is 6.61. The summed E-state index contributed by atoms with van der Waals surface area (Å²) in [6.07, 6.45) is 0.906. The Balaban J connectivity index is 1.23. The van der Waals surface area contributed by atoms with Gasteiger partial charge in [-0.3, -0.25) is 14.5 Å². The summed E-state index contributed by atoms with van der Waals surface area (Å²) in [5, 5.41) is 5.27. The highest BCUT2D eigenvalue weighted by Crippen LogP contribution is 2.44. The number of rotatable bonds is 9. The lowest BCUT2D eigenvalue weighted by atomic mass is 9.81. The standard InChI is InChI=1S/C31H38N4O2S/c1-23(2)22-35-29(27-14-8-21-38-27)28(25-12-6-7-13-26(25)31(35)37)30(36)32-15-9-16-33-17-19-34(20-18-33)24-10-4-3-5-11-24/h3-8,10-14,21,23,28-29H,9,15-20,22H2,1-2H3,(H,32,36). The Hall–Kier alpha value is -3.16. The van der Waals surface area contributed by atoms with Crippen LogP contribution in [0.1, 0.15) is 53.0 Å². The van der Waals surface area contributed by atoms with Crippen molar-refractivity contribution in [1.82, 2.24) is 15.1 Å². The Bertz CT molecular complexity index is 1210. The SMILES string of the molecule is CC(C)CN1C(=O)c2ccccc2C(C(=O)NCCCN2CCN(c3ccccc3)CC2)C1c1cccs1. The Morgan fingerprint density at radius 1 is 0.974 bits per heavy atom. The van der Waals surface area contributed by atoms with E-state index in [-0.39, 0.29) is 17.9 Å². The van der Waals surface area contributed by atoms with Crippen LogP contribution in [0.2, 0.25) is 0 Å². The van der Waals surface area contributed by atoms with E-state index in [0.29, 0.717) is 24.6 Å². The van der Waals surface area contributed by atoms with E-state index in [2.05, 4.69) is 65.4 Å². The third-order valence-electron chi connectivity index (χ3n) is 7.56. The van der Waals surface area contributed by atoms with Crippen LogP contribution in [0.15, 0.2) is 72.1 Å². The molecule has 2 unspecified atom stereocenters. The van der Waals surface area contributed by atoms with Crippen molar-refractivity contribution < 1.29 is 9.59 Å². The molecule has 0 radical (unpaired) electrons. The van der Waals surface area contributed by atoms with Crippen molar-refractivity contribution in [2.75, 3.05) is 50.7 Å². The average Bonchev–Trinajstić information content (AvgIpc) is 3.48. The highest BCUT2D eigenvalue weighted by molar-refractivity contribution is 7.10. The van der Waals surface area contributed by atoms with E-state index in [1.54, 1.807) is 11.3 Å². The van der Waals surface area contributed by atoms with Crippen molar-refractivity contribution in [2.24, 2.45) is 5.92 Å². The van der Waals surface area contributed by atoms with Crippen LogP contribution < -0.4 is 10.2 Å². The third-order valence-corrected chi connectivity index (χ3v) is 8.50. The molecule has 1 saturated heterocycles. The van der Waals surface area contributed by atoms with Crippen molar-refractivity contribution in [3.05, 3.63) is 88.1 Å². The molecule has 1 N–H and O–H groups in total. The van der Waals surface area contributed by atoms with Crippen LogP contribution in [-0.2, 0) is 4.79 Å². The average molecular weight is 531 g/mol. The summed E-state index contributed by atoms with van der Waals surface area (Å²) in [4.78, 5) is 35.3. The topological polar surface area (TPSA) is 55.9 Å². The number of para-hydroxylation sites is 1. The summed E-state index contributed by atoms with van der Waals surface area (Å²) in [5.74, 6) is -0.0918. The number of hydrogen-bond donors (Lipinski definition) is 1. The fourth-order valence-electron chi connectivity index (χ4n) is 5.74. The van der Waals surface area contributed by atoms with Gasteiger partial charge in [-0.25, -0.2) is 0 Å². The van der Waals surface area contributed by atoms with E-state index in [1.807, 2.05) is 40.6 Å². The van der Waals surface area contributed by atoms with Gasteiger partial charge in [-0.2, -0.15) is 0 Å². The number of carbonyl (C=O) groups is 2. The second kappa shape index (κ2) is 12.1. The van der Waals surface area contributed by atoms with Crippen molar-refractivity contribution in [3.8, 4) is 0 Å². The second-order valence-electron chi connectivity index (χ2n) is 10.7. The van der Waals surface area contributed by atoms with Gasteiger partial charge in [0.05, 0.1) is 12.0 Å². The fraction of sp³-hybridized carbons (Fsp3) is 0.419. The maximum atomic E-state index is 13.8. The summed E-state index contributed by atoms with van der Waals surface area (Å²) < 4.78 is 0. The maximum absolute atomic E-state index is 13.8. The molecule has 6 nitrogen and oxygen atoms in total. The Labute approximate surface area is 230 Å². The molecule has 2 amide bonds. The predicted molar refractivity (Wildman–Crippen MR) is 155 cm³/mol. The molecule has 0 bridgehead atoms. The van der Waals surface area contributed by atoms with Crippen LogP contribution in [0.3, 0.4) is 0 Å². The molecular weight excluding hydrogens is 492 g/mol. The van der Waals surface area contributed by atoms with Gasteiger partial charge in [-0.1, -0.05) is 56.3 Å². The number of carbonyl (C=O) groups excluding carboxylic acids is 2. The maximum Gasteiger partial charge on any atom is 0.254 e. The van der Waals surface area contributed by atoms with E-state index < -0.39 is 5.92 Å². The number of nitrogens with one attached hydrogen (secondary N) is 1. The lowest BCUT2D eigenvalue weighted by Gasteiger charge is -2.42. The van der Waals surface area contributed by atoms with Gasteiger partial charge in [0.1, 0.15) is 0 Å². The van der Waals surface area contributed by atoms with Crippen molar-refractivity contribution in [2.45, 2.75) is 32.2 Å². The van der Waals surface area contributed by atoms with E-state index in [0.717, 1.165) is 49.6 Å². The molecule has 2 aromatic carbocycles. The number of hydrogen-bond acceptors (Lipinski definition) is 5. The molecule has 0 aliphatic carbocycles. The van der Waals surface area contributed by atoms with Gasteiger partial charge in [-0.15, -0.1) is 11.3 Å². The first kappa shape index (κ1) is 26.4. The second-order valence-corrected chi connectivity index (χ2v) is 11.7. The van der Waals surface area contributed by atoms with Crippen molar-refractivity contribution >= 4 is 28.8 Å². The first-order valence-corrected chi connectivity index (χ1v) is 14.6. The molecule has 38 heavy (non-hydrogen) atoms. The molecule has 3 aromatic rings. The van der Waals surface area contributed by atoms with E-state index >= 15 is 0 Å². The van der Waals surface area contributed by atoms with E-state index in [9.17, 15) is 9.59 Å².